The third-order valence-electron chi connectivity index (χ3n) is 7.68. The number of hydrogen-bond donors (Lipinski definition) is 1. The second kappa shape index (κ2) is 13.8. The van der Waals surface area contributed by atoms with E-state index in [0.717, 1.165) is 25.9 Å². The van der Waals surface area contributed by atoms with Crippen molar-refractivity contribution in [2.24, 2.45) is 0 Å². The Kier molecular flexibility index (Phi) is 9.38. The molecule has 2 aromatic heterocycles. The molecule has 0 saturated carbocycles. The highest BCUT2D eigenvalue weighted by Crippen LogP contribution is 2.47. The Balaban J connectivity index is 1.22. The molecular weight excluding hydrogens is 737 g/mol. The number of thioether (sulfide) groups is 2. The number of β-lactam (4-membered cyclic amide) rings is 1. The van der Waals surface area contributed by atoms with Crippen LogP contribution in [0.2, 0.25) is 0 Å². The highest BCUT2D eigenvalue weighted by Gasteiger charge is 2.55. The van der Waals surface area contributed by atoms with Gasteiger partial charge in [0.05, 0.1) is 20.0 Å². The van der Waals surface area contributed by atoms with Gasteiger partial charge in [0.25, 0.3) is 5.91 Å². The first-order chi connectivity index (χ1) is 22.9. The fraction of sp³-hybridized carbons (Fsp3) is 0.143. The van der Waals surface area contributed by atoms with E-state index < -0.39 is 23.5 Å². The summed E-state index contributed by atoms with van der Waals surface area (Å²) >= 11 is 9.14. The number of carbonyl (C=O) groups excluding carboxylic acids is 3. The number of rotatable bonds is 9. The molecule has 4 heterocycles. The Bertz CT molecular complexity index is 2030. The van der Waals surface area contributed by atoms with Crippen molar-refractivity contribution in [2.45, 2.75) is 28.1 Å². The van der Waals surface area contributed by atoms with Crippen LogP contribution in [0.25, 0.3) is 9.40 Å². The first-order valence-corrected chi connectivity index (χ1v) is 18.9. The highest BCUT2D eigenvalue weighted by molar-refractivity contribution is 9.10. The van der Waals surface area contributed by atoms with Crippen LogP contribution >= 0.6 is 62.1 Å². The van der Waals surface area contributed by atoms with Crippen molar-refractivity contribution < 1.29 is 19.1 Å². The molecule has 5 aromatic rings. The number of thiophene rings is 1. The van der Waals surface area contributed by atoms with Crippen LogP contribution in [0.5, 0.6) is 0 Å². The van der Waals surface area contributed by atoms with E-state index in [9.17, 15) is 19.2 Å². The first-order valence-electron chi connectivity index (χ1n) is 14.6. The van der Waals surface area contributed by atoms with Crippen LogP contribution in [-0.2, 0) is 25.5 Å². The molecule has 2 amide bonds. The van der Waals surface area contributed by atoms with Gasteiger partial charge in [0, 0.05) is 26.6 Å². The number of esters is 1. The molecule has 0 bridgehead atoms. The third kappa shape index (κ3) is 6.57. The predicted octanol–water partition coefficient (Wildman–Crippen LogP) is 7.36. The van der Waals surface area contributed by atoms with E-state index in [1.165, 1.54) is 51.1 Å². The molecule has 0 spiro atoms. The molecule has 1 unspecified atom stereocenters. The van der Waals surface area contributed by atoms with Gasteiger partial charge in [-0.3, -0.25) is 19.3 Å². The Morgan fingerprint density at radius 2 is 1.57 bits per heavy atom. The number of halogens is 1. The number of hydrogen-bond acceptors (Lipinski definition) is 9. The Morgan fingerprint density at radius 3 is 2.23 bits per heavy atom. The second-order valence-corrected chi connectivity index (χ2v) is 16.1. The van der Waals surface area contributed by atoms with Gasteiger partial charge in [-0.1, -0.05) is 103 Å². The minimum atomic E-state index is -0.779. The molecular formula is C35H25BrN2O5S4. The van der Waals surface area contributed by atoms with Gasteiger partial charge in [0.1, 0.15) is 17.1 Å². The van der Waals surface area contributed by atoms with E-state index in [0.29, 0.717) is 19.6 Å². The molecule has 0 radical (unpaired) electrons. The van der Waals surface area contributed by atoms with E-state index in [-0.39, 0.29) is 29.4 Å². The van der Waals surface area contributed by atoms with Crippen LogP contribution in [0.1, 0.15) is 22.8 Å². The molecule has 7 nitrogen and oxygen atoms in total. The van der Waals surface area contributed by atoms with Gasteiger partial charge in [-0.2, -0.15) is 0 Å². The lowest BCUT2D eigenvalue weighted by Gasteiger charge is -2.49. The minimum absolute atomic E-state index is 0.0996. The van der Waals surface area contributed by atoms with Gasteiger partial charge in [0.15, 0.2) is 11.5 Å². The zero-order chi connectivity index (χ0) is 32.5. The van der Waals surface area contributed by atoms with Crippen molar-refractivity contribution in [3.63, 3.8) is 0 Å². The maximum atomic E-state index is 14.3. The van der Waals surface area contributed by atoms with Crippen molar-refractivity contribution in [2.75, 3.05) is 5.75 Å². The average Bonchev–Trinajstić information content (AvgIpc) is 3.47. The van der Waals surface area contributed by atoms with Crippen LogP contribution in [0.15, 0.2) is 127 Å². The lowest BCUT2D eigenvalue weighted by atomic mass is 10.0. The largest absolute Gasteiger partial charge is 0.448 e. The van der Waals surface area contributed by atoms with E-state index in [4.69, 9.17) is 4.74 Å². The Labute approximate surface area is 295 Å². The second-order valence-electron chi connectivity index (χ2n) is 10.8. The average molecular weight is 762 g/mol. The fourth-order valence-corrected chi connectivity index (χ4v) is 11.2. The Hall–Kier alpha value is -3.68. The maximum absolute atomic E-state index is 14.3. The highest BCUT2D eigenvalue weighted by atomic mass is 79.9. The molecule has 236 valence electrons. The molecule has 0 aliphatic carbocycles. The van der Waals surface area contributed by atoms with Crippen molar-refractivity contribution in [1.29, 1.82) is 0 Å². The SMILES string of the molecule is O=C(Cc1ccccc1)NC1C(=O)N2C(C(=O)OC(c3ccccc3)c3ccccc3)=C(Sc3cc(=O)c4scc(Br)c4s3)CS[C@H]12. The predicted molar refractivity (Wildman–Crippen MR) is 193 cm³/mol. The van der Waals surface area contributed by atoms with Gasteiger partial charge >= 0.3 is 5.97 Å². The summed E-state index contributed by atoms with van der Waals surface area (Å²) in [7, 11) is 0. The molecule has 2 aliphatic rings. The number of nitrogens with zero attached hydrogens (tertiary/aromatic N) is 1. The summed E-state index contributed by atoms with van der Waals surface area (Å²) < 4.78 is 9.31. The quantitative estimate of drug-likeness (QED) is 0.124. The smallest absolute Gasteiger partial charge is 0.356 e. The summed E-state index contributed by atoms with van der Waals surface area (Å²) in [6.07, 6.45) is -0.577. The zero-order valence-corrected chi connectivity index (χ0v) is 29.3. The van der Waals surface area contributed by atoms with Gasteiger partial charge in [0.2, 0.25) is 5.91 Å². The van der Waals surface area contributed by atoms with Crippen molar-refractivity contribution >= 4 is 89.3 Å². The molecule has 12 heteroatoms. The van der Waals surface area contributed by atoms with Gasteiger partial charge in [-0.05, 0) is 32.6 Å². The monoisotopic (exact) mass is 760 g/mol. The normalized spacial score (nSPS) is 17.4. The van der Waals surface area contributed by atoms with Crippen LogP contribution in [-0.4, -0.2) is 39.9 Å². The van der Waals surface area contributed by atoms with Gasteiger partial charge in [-0.15, -0.1) is 34.4 Å². The van der Waals surface area contributed by atoms with Gasteiger partial charge in [-0.25, -0.2) is 4.79 Å². The molecule has 1 fully saturated rings. The van der Waals surface area contributed by atoms with Crippen molar-refractivity contribution in [1.82, 2.24) is 10.2 Å². The number of benzene rings is 3. The van der Waals surface area contributed by atoms with Crippen LogP contribution in [0.3, 0.4) is 0 Å². The van der Waals surface area contributed by atoms with E-state index in [1.54, 1.807) is 6.07 Å². The summed E-state index contributed by atoms with van der Waals surface area (Å²) in [5.41, 5.74) is 2.45. The molecule has 2 atom stereocenters. The minimum Gasteiger partial charge on any atom is -0.448 e. The summed E-state index contributed by atoms with van der Waals surface area (Å²) in [6.45, 7) is 0. The molecule has 1 N–H and O–H groups in total. The lowest BCUT2D eigenvalue weighted by Crippen LogP contribution is -2.70. The number of carbonyl (C=O) groups is 3. The summed E-state index contributed by atoms with van der Waals surface area (Å²) in [5, 5.41) is 4.29. The lowest BCUT2D eigenvalue weighted by molar-refractivity contribution is -0.154. The summed E-state index contributed by atoms with van der Waals surface area (Å²) in [4.78, 5) is 56.0. The van der Waals surface area contributed by atoms with E-state index in [1.807, 2.05) is 96.4 Å². The van der Waals surface area contributed by atoms with Crippen LogP contribution in [0, 0.1) is 0 Å². The first kappa shape index (κ1) is 31.9. The fourth-order valence-electron chi connectivity index (χ4n) is 5.48. The number of amides is 2. The molecule has 2 aliphatic heterocycles. The topological polar surface area (TPSA) is 92.8 Å². The summed E-state index contributed by atoms with van der Waals surface area (Å²) in [6, 6.07) is 29.0. The standard InChI is InChI=1S/C35H25BrN2O5S4/c36-23-18-44-32-24(39)17-27(47-31(23)32)46-25-19-45-34-28(37-26(40)16-20-10-4-1-5-11-20)33(41)38(34)29(25)35(42)43-30(21-12-6-2-7-13-21)22-14-8-3-9-15-22/h1-15,17-18,28,30,34H,16,19H2,(H,37,40)/t28?,34-/m1/s1. The van der Waals surface area contributed by atoms with Crippen LogP contribution < -0.4 is 10.7 Å². The molecule has 3 aromatic carbocycles. The van der Waals surface area contributed by atoms with Crippen molar-refractivity contribution in [3.8, 4) is 0 Å². The van der Waals surface area contributed by atoms with Gasteiger partial charge < -0.3 is 10.1 Å². The zero-order valence-electron chi connectivity index (χ0n) is 24.5. The number of fused-ring (bicyclic) bond motifs is 2. The molecule has 47 heavy (non-hydrogen) atoms. The Morgan fingerprint density at radius 1 is 0.936 bits per heavy atom. The van der Waals surface area contributed by atoms with E-state index in [2.05, 4.69) is 21.2 Å². The van der Waals surface area contributed by atoms with Crippen molar-refractivity contribution in [3.05, 3.63) is 144 Å². The summed E-state index contributed by atoms with van der Waals surface area (Å²) in [5.74, 6) is -0.910. The molecule has 7 rings (SSSR count). The maximum Gasteiger partial charge on any atom is 0.356 e. The van der Waals surface area contributed by atoms with E-state index >= 15 is 0 Å². The third-order valence-corrected chi connectivity index (χ3v) is 13.8. The number of ether oxygens (including phenoxy) is 1. The van der Waals surface area contributed by atoms with Crippen LogP contribution in [0.4, 0.5) is 0 Å². The molecule has 1 saturated heterocycles. The number of nitrogens with one attached hydrogen (secondary N) is 1.